The average Bonchev–Trinajstić information content (AvgIpc) is 3.09. The second-order valence-electron chi connectivity index (χ2n) is 5.71. The van der Waals surface area contributed by atoms with Gasteiger partial charge in [-0.25, -0.2) is 4.68 Å². The Bertz CT molecular complexity index is 1030. The summed E-state index contributed by atoms with van der Waals surface area (Å²) < 4.78 is 1.51. The number of hydrogen-bond donors (Lipinski definition) is 1. The average molecular weight is 402 g/mol. The fourth-order valence-corrected chi connectivity index (χ4v) is 2.58. The maximum atomic E-state index is 12.5. The lowest BCUT2D eigenvalue weighted by molar-refractivity contribution is -0.394. The van der Waals surface area contributed by atoms with Crippen molar-refractivity contribution in [1.82, 2.24) is 9.78 Å². The maximum absolute atomic E-state index is 12.5. The van der Waals surface area contributed by atoms with Crippen LogP contribution in [0.5, 0.6) is 0 Å². The molecule has 0 saturated carbocycles. The number of nitrogens with zero attached hydrogens (tertiary/aromatic N) is 4. The summed E-state index contributed by atoms with van der Waals surface area (Å²) in [7, 11) is 0. The van der Waals surface area contributed by atoms with Crippen LogP contribution in [0.3, 0.4) is 0 Å². The van der Waals surface area contributed by atoms with E-state index >= 15 is 0 Å². The SMILES string of the molecule is O=C(Nc1ccnn1Cc1ccc(Cl)cc1)c1cc([N+](=O)[O-])cc([N+](=O)[O-])c1. The Hall–Kier alpha value is -3.79. The van der Waals surface area contributed by atoms with E-state index in [0.29, 0.717) is 17.4 Å². The summed E-state index contributed by atoms with van der Waals surface area (Å²) in [5.41, 5.74) is -0.419. The van der Waals surface area contributed by atoms with Crippen LogP contribution in [-0.4, -0.2) is 25.5 Å². The number of hydrogen-bond acceptors (Lipinski definition) is 6. The number of nitro groups is 2. The van der Waals surface area contributed by atoms with Gasteiger partial charge in [0.25, 0.3) is 17.3 Å². The van der Waals surface area contributed by atoms with Gasteiger partial charge in [-0.3, -0.25) is 25.0 Å². The highest BCUT2D eigenvalue weighted by Gasteiger charge is 2.20. The number of nitrogens with one attached hydrogen (secondary N) is 1. The fourth-order valence-electron chi connectivity index (χ4n) is 2.45. The summed E-state index contributed by atoms with van der Waals surface area (Å²) in [6.07, 6.45) is 1.47. The molecule has 10 nitrogen and oxygen atoms in total. The lowest BCUT2D eigenvalue weighted by Crippen LogP contribution is -2.16. The third-order valence-electron chi connectivity index (χ3n) is 3.79. The van der Waals surface area contributed by atoms with Crippen LogP contribution in [0.1, 0.15) is 15.9 Å². The van der Waals surface area contributed by atoms with Gasteiger partial charge in [0.15, 0.2) is 0 Å². The maximum Gasteiger partial charge on any atom is 0.277 e. The Kier molecular flexibility index (Phi) is 5.32. The monoisotopic (exact) mass is 401 g/mol. The van der Waals surface area contributed by atoms with Gasteiger partial charge in [0, 0.05) is 23.2 Å². The van der Waals surface area contributed by atoms with Crippen LogP contribution in [0.25, 0.3) is 0 Å². The lowest BCUT2D eigenvalue weighted by atomic mass is 10.1. The summed E-state index contributed by atoms with van der Waals surface area (Å²) in [6, 6.07) is 11.3. The van der Waals surface area contributed by atoms with Crippen LogP contribution < -0.4 is 5.32 Å². The van der Waals surface area contributed by atoms with E-state index in [2.05, 4.69) is 10.4 Å². The third-order valence-corrected chi connectivity index (χ3v) is 4.04. The lowest BCUT2D eigenvalue weighted by Gasteiger charge is -2.09. The van der Waals surface area contributed by atoms with Crippen molar-refractivity contribution in [3.63, 3.8) is 0 Å². The highest BCUT2D eigenvalue weighted by molar-refractivity contribution is 6.30. The molecule has 1 aromatic heterocycles. The zero-order valence-electron chi connectivity index (χ0n) is 14.1. The van der Waals surface area contributed by atoms with Crippen LogP contribution in [0, 0.1) is 20.2 Å². The molecule has 1 N–H and O–H groups in total. The van der Waals surface area contributed by atoms with Gasteiger partial charge in [-0.1, -0.05) is 23.7 Å². The van der Waals surface area contributed by atoms with E-state index in [1.165, 1.54) is 10.9 Å². The Labute approximate surface area is 162 Å². The second kappa shape index (κ2) is 7.84. The van der Waals surface area contributed by atoms with Crippen LogP contribution in [0.2, 0.25) is 5.02 Å². The van der Waals surface area contributed by atoms with Crippen molar-refractivity contribution in [2.24, 2.45) is 0 Å². The number of anilines is 1. The number of aromatic nitrogens is 2. The predicted molar refractivity (Wildman–Crippen MR) is 100 cm³/mol. The van der Waals surface area contributed by atoms with Crippen LogP contribution in [0.15, 0.2) is 54.7 Å². The molecular formula is C17H12ClN5O5. The number of nitro benzene ring substituents is 2. The molecule has 142 valence electrons. The van der Waals surface area contributed by atoms with Crippen molar-refractivity contribution in [3.8, 4) is 0 Å². The first kappa shape index (κ1) is 19.0. The molecule has 0 radical (unpaired) electrons. The largest absolute Gasteiger partial charge is 0.307 e. The molecule has 0 unspecified atom stereocenters. The third kappa shape index (κ3) is 4.30. The highest BCUT2D eigenvalue weighted by atomic mass is 35.5. The van der Waals surface area contributed by atoms with Crippen molar-refractivity contribution in [2.45, 2.75) is 6.54 Å². The van der Waals surface area contributed by atoms with E-state index in [1.807, 2.05) is 0 Å². The zero-order chi connectivity index (χ0) is 20.3. The minimum Gasteiger partial charge on any atom is -0.307 e. The van der Waals surface area contributed by atoms with Crippen molar-refractivity contribution in [1.29, 1.82) is 0 Å². The molecule has 3 aromatic rings. The molecule has 2 aromatic carbocycles. The highest BCUT2D eigenvalue weighted by Crippen LogP contribution is 2.23. The Morgan fingerprint density at radius 2 is 1.64 bits per heavy atom. The normalized spacial score (nSPS) is 10.5. The Morgan fingerprint density at radius 1 is 1.04 bits per heavy atom. The van der Waals surface area contributed by atoms with E-state index in [0.717, 1.165) is 23.8 Å². The fraction of sp³-hybridized carbons (Fsp3) is 0.0588. The molecule has 0 aliphatic heterocycles. The first-order chi connectivity index (χ1) is 13.3. The molecule has 0 bridgehead atoms. The second-order valence-corrected chi connectivity index (χ2v) is 6.14. The molecule has 0 aliphatic carbocycles. The molecule has 0 spiro atoms. The van der Waals surface area contributed by atoms with Gasteiger partial charge >= 0.3 is 0 Å². The quantitative estimate of drug-likeness (QED) is 0.495. The molecule has 1 amide bonds. The molecule has 0 aliphatic rings. The van der Waals surface area contributed by atoms with E-state index in [4.69, 9.17) is 11.6 Å². The molecule has 0 saturated heterocycles. The predicted octanol–water partition coefficient (Wildman–Crippen LogP) is 3.65. The standard InChI is InChI=1S/C17H12ClN5O5/c18-13-3-1-11(2-4-13)10-21-16(5-6-19-21)20-17(24)12-7-14(22(25)26)9-15(8-12)23(27)28/h1-9H,10H2,(H,20,24). The number of halogens is 1. The van der Waals surface area contributed by atoms with Gasteiger partial charge in [0.1, 0.15) is 5.82 Å². The number of non-ortho nitro benzene ring substituents is 2. The molecule has 0 atom stereocenters. The first-order valence-corrected chi connectivity index (χ1v) is 8.23. The molecular weight excluding hydrogens is 390 g/mol. The van der Waals surface area contributed by atoms with E-state index in [-0.39, 0.29) is 5.56 Å². The number of benzene rings is 2. The summed E-state index contributed by atoms with van der Waals surface area (Å²) in [4.78, 5) is 32.9. The van der Waals surface area contributed by atoms with Gasteiger partial charge in [0.2, 0.25) is 0 Å². The van der Waals surface area contributed by atoms with Crippen LogP contribution in [0.4, 0.5) is 17.2 Å². The number of rotatable bonds is 6. The Balaban J connectivity index is 1.84. The minimum atomic E-state index is -0.797. The summed E-state index contributed by atoms with van der Waals surface area (Å²) in [5, 5.41) is 29.2. The van der Waals surface area contributed by atoms with Gasteiger partial charge in [0.05, 0.1) is 34.2 Å². The van der Waals surface area contributed by atoms with E-state index in [1.54, 1.807) is 30.3 Å². The summed E-state index contributed by atoms with van der Waals surface area (Å²) >= 11 is 5.86. The first-order valence-electron chi connectivity index (χ1n) is 7.85. The molecule has 28 heavy (non-hydrogen) atoms. The number of carbonyl (C=O) groups excluding carboxylic acids is 1. The zero-order valence-corrected chi connectivity index (χ0v) is 14.9. The topological polar surface area (TPSA) is 133 Å². The summed E-state index contributed by atoms with van der Waals surface area (Å²) in [5.74, 6) is -0.404. The molecule has 1 heterocycles. The van der Waals surface area contributed by atoms with Gasteiger partial charge in [-0.2, -0.15) is 5.10 Å². The Morgan fingerprint density at radius 3 is 2.21 bits per heavy atom. The van der Waals surface area contributed by atoms with Gasteiger partial charge in [-0.05, 0) is 17.7 Å². The van der Waals surface area contributed by atoms with Crippen LogP contribution >= 0.6 is 11.6 Å². The molecule has 3 rings (SSSR count). The van der Waals surface area contributed by atoms with Crippen molar-refractivity contribution in [2.75, 3.05) is 5.32 Å². The van der Waals surface area contributed by atoms with Crippen molar-refractivity contribution in [3.05, 3.63) is 91.1 Å². The molecule has 11 heteroatoms. The van der Waals surface area contributed by atoms with E-state index in [9.17, 15) is 25.0 Å². The van der Waals surface area contributed by atoms with E-state index < -0.39 is 27.1 Å². The number of carbonyl (C=O) groups is 1. The van der Waals surface area contributed by atoms with Crippen LogP contribution in [-0.2, 0) is 6.54 Å². The smallest absolute Gasteiger partial charge is 0.277 e. The molecule has 0 fully saturated rings. The summed E-state index contributed by atoms with van der Waals surface area (Å²) in [6.45, 7) is 0.342. The van der Waals surface area contributed by atoms with Gasteiger partial charge in [-0.15, -0.1) is 0 Å². The minimum absolute atomic E-state index is 0.208. The van der Waals surface area contributed by atoms with Gasteiger partial charge < -0.3 is 5.32 Å². The number of amides is 1. The van der Waals surface area contributed by atoms with Crippen molar-refractivity contribution < 1.29 is 14.6 Å². The van der Waals surface area contributed by atoms with Crippen molar-refractivity contribution >= 4 is 34.7 Å².